The number of rotatable bonds is 3. The molecule has 0 aromatic carbocycles. The van der Waals surface area contributed by atoms with E-state index in [0.717, 1.165) is 0 Å². The first-order chi connectivity index (χ1) is 8.60. The fourth-order valence-corrected chi connectivity index (χ4v) is 1.58. The Balaban J connectivity index is 2.19. The number of aromatic nitrogens is 3. The highest BCUT2D eigenvalue weighted by Crippen LogP contribution is 2.14. The van der Waals surface area contributed by atoms with Crippen molar-refractivity contribution in [3.63, 3.8) is 0 Å². The minimum Gasteiger partial charge on any atom is -0.396 e. The van der Waals surface area contributed by atoms with Crippen molar-refractivity contribution >= 4 is 29.0 Å². The number of hydrogen-bond donors (Lipinski definition) is 2. The molecule has 2 aromatic heterocycles. The van der Waals surface area contributed by atoms with Crippen LogP contribution in [0.5, 0.6) is 0 Å². The maximum absolute atomic E-state index is 11.9. The molecule has 2 heterocycles. The number of nitrogen functional groups attached to an aromatic ring is 1. The van der Waals surface area contributed by atoms with Gasteiger partial charge in [0.25, 0.3) is 5.91 Å². The summed E-state index contributed by atoms with van der Waals surface area (Å²) >= 11 is 5.80. The lowest BCUT2D eigenvalue weighted by atomic mass is 10.3. The lowest BCUT2D eigenvalue weighted by molar-refractivity contribution is 0.102. The van der Waals surface area contributed by atoms with Gasteiger partial charge in [-0.1, -0.05) is 11.6 Å². The number of aryl methyl sites for hydroxylation is 1. The summed E-state index contributed by atoms with van der Waals surface area (Å²) in [6.45, 7) is 2.56. The molecule has 18 heavy (non-hydrogen) atoms. The van der Waals surface area contributed by atoms with Crippen LogP contribution < -0.4 is 11.1 Å². The Hall–Kier alpha value is -2.08. The van der Waals surface area contributed by atoms with E-state index in [1.807, 2.05) is 6.92 Å². The fraction of sp³-hybridized carbons (Fsp3) is 0.182. The van der Waals surface area contributed by atoms with Crippen LogP contribution in [0.3, 0.4) is 0 Å². The molecule has 2 aromatic rings. The highest BCUT2D eigenvalue weighted by atomic mass is 35.5. The molecule has 3 N–H and O–H groups in total. The molecule has 7 heteroatoms. The van der Waals surface area contributed by atoms with E-state index in [-0.39, 0.29) is 5.69 Å². The smallest absolute Gasteiger partial charge is 0.279 e. The van der Waals surface area contributed by atoms with Crippen molar-refractivity contribution in [2.45, 2.75) is 13.5 Å². The third-order valence-electron chi connectivity index (χ3n) is 2.29. The Kier molecular flexibility index (Phi) is 3.47. The molecule has 2 rings (SSSR count). The van der Waals surface area contributed by atoms with E-state index in [2.05, 4.69) is 15.4 Å². The molecule has 0 aliphatic carbocycles. The van der Waals surface area contributed by atoms with Crippen LogP contribution in [0.4, 0.5) is 11.5 Å². The van der Waals surface area contributed by atoms with E-state index in [0.29, 0.717) is 23.1 Å². The Morgan fingerprint density at radius 2 is 2.39 bits per heavy atom. The zero-order valence-electron chi connectivity index (χ0n) is 9.72. The third kappa shape index (κ3) is 2.60. The van der Waals surface area contributed by atoms with Gasteiger partial charge in [0, 0.05) is 24.0 Å². The van der Waals surface area contributed by atoms with Crippen LogP contribution in [0.1, 0.15) is 17.4 Å². The zero-order chi connectivity index (χ0) is 13.1. The Morgan fingerprint density at radius 3 is 3.00 bits per heavy atom. The number of nitrogens with zero attached hydrogens (tertiary/aromatic N) is 3. The normalized spacial score (nSPS) is 10.3. The monoisotopic (exact) mass is 265 g/mol. The molecule has 0 aliphatic heterocycles. The van der Waals surface area contributed by atoms with Crippen molar-refractivity contribution in [2.24, 2.45) is 0 Å². The fourth-order valence-electron chi connectivity index (χ4n) is 1.42. The van der Waals surface area contributed by atoms with Gasteiger partial charge >= 0.3 is 0 Å². The van der Waals surface area contributed by atoms with Crippen LogP contribution in [-0.4, -0.2) is 20.7 Å². The standard InChI is InChI=1S/C11H12ClN5O/c1-2-17-6-8(13)10(16-17)11(18)15-9-5-7(12)3-4-14-9/h3-6H,2,13H2,1H3,(H,14,15,18). The molecular weight excluding hydrogens is 254 g/mol. The van der Waals surface area contributed by atoms with Gasteiger partial charge in [0.1, 0.15) is 5.82 Å². The van der Waals surface area contributed by atoms with E-state index in [4.69, 9.17) is 17.3 Å². The van der Waals surface area contributed by atoms with Crippen LogP contribution in [0.25, 0.3) is 0 Å². The molecule has 0 radical (unpaired) electrons. The van der Waals surface area contributed by atoms with E-state index in [1.165, 1.54) is 6.20 Å². The summed E-state index contributed by atoms with van der Waals surface area (Å²) in [7, 11) is 0. The zero-order valence-corrected chi connectivity index (χ0v) is 10.5. The summed E-state index contributed by atoms with van der Waals surface area (Å²) in [6.07, 6.45) is 3.12. The maximum Gasteiger partial charge on any atom is 0.279 e. The van der Waals surface area contributed by atoms with Gasteiger partial charge in [-0.2, -0.15) is 5.10 Å². The van der Waals surface area contributed by atoms with Crippen LogP contribution in [-0.2, 0) is 6.54 Å². The van der Waals surface area contributed by atoms with Crippen molar-refractivity contribution in [2.75, 3.05) is 11.1 Å². The number of amides is 1. The molecule has 94 valence electrons. The first-order valence-electron chi connectivity index (χ1n) is 5.36. The maximum atomic E-state index is 11.9. The topological polar surface area (TPSA) is 85.8 Å². The molecule has 1 amide bonds. The number of nitrogens with two attached hydrogens (primary N) is 1. The lowest BCUT2D eigenvalue weighted by Crippen LogP contribution is -2.15. The largest absolute Gasteiger partial charge is 0.396 e. The van der Waals surface area contributed by atoms with Crippen molar-refractivity contribution < 1.29 is 4.79 Å². The van der Waals surface area contributed by atoms with E-state index in [9.17, 15) is 4.79 Å². The molecule has 0 atom stereocenters. The SMILES string of the molecule is CCn1cc(N)c(C(=O)Nc2cc(Cl)ccn2)n1. The van der Waals surface area contributed by atoms with E-state index in [1.54, 1.807) is 23.0 Å². The molecule has 0 saturated heterocycles. The highest BCUT2D eigenvalue weighted by molar-refractivity contribution is 6.30. The minimum atomic E-state index is -0.408. The van der Waals surface area contributed by atoms with Crippen LogP contribution in [0.15, 0.2) is 24.5 Å². The van der Waals surface area contributed by atoms with Crippen molar-refractivity contribution in [1.82, 2.24) is 14.8 Å². The van der Waals surface area contributed by atoms with Gasteiger partial charge in [-0.3, -0.25) is 9.48 Å². The van der Waals surface area contributed by atoms with E-state index < -0.39 is 5.91 Å². The number of anilines is 2. The predicted molar refractivity (Wildman–Crippen MR) is 69.5 cm³/mol. The minimum absolute atomic E-state index is 0.179. The molecule has 0 aliphatic rings. The van der Waals surface area contributed by atoms with Gasteiger partial charge in [-0.25, -0.2) is 4.98 Å². The van der Waals surface area contributed by atoms with Crippen LogP contribution in [0.2, 0.25) is 5.02 Å². The quantitative estimate of drug-likeness (QED) is 0.886. The summed E-state index contributed by atoms with van der Waals surface area (Å²) in [5.41, 5.74) is 6.22. The Morgan fingerprint density at radius 1 is 1.61 bits per heavy atom. The van der Waals surface area contributed by atoms with E-state index >= 15 is 0 Å². The number of carbonyl (C=O) groups excluding carboxylic acids is 1. The molecule has 0 unspecified atom stereocenters. The molecule has 0 saturated carbocycles. The van der Waals surface area contributed by atoms with Crippen molar-refractivity contribution in [3.8, 4) is 0 Å². The number of nitrogens with one attached hydrogen (secondary N) is 1. The summed E-state index contributed by atoms with van der Waals surface area (Å²) in [5.74, 6) is -0.0487. The summed E-state index contributed by atoms with van der Waals surface area (Å²) < 4.78 is 1.59. The van der Waals surface area contributed by atoms with Crippen molar-refractivity contribution in [1.29, 1.82) is 0 Å². The van der Waals surface area contributed by atoms with Gasteiger partial charge in [0.05, 0.1) is 5.69 Å². The third-order valence-corrected chi connectivity index (χ3v) is 2.53. The van der Waals surface area contributed by atoms with Gasteiger partial charge in [0.15, 0.2) is 5.69 Å². The second-order valence-corrected chi connectivity index (χ2v) is 4.04. The average molecular weight is 266 g/mol. The molecular formula is C11H12ClN5O. The Bertz CT molecular complexity index is 581. The number of pyridine rings is 1. The molecule has 0 bridgehead atoms. The Labute approximate surface area is 109 Å². The molecule has 0 spiro atoms. The van der Waals surface area contributed by atoms with Crippen LogP contribution in [0, 0.1) is 0 Å². The number of halogens is 1. The summed E-state index contributed by atoms with van der Waals surface area (Å²) in [5, 5.41) is 7.15. The van der Waals surface area contributed by atoms with Gasteiger partial charge < -0.3 is 11.1 Å². The predicted octanol–water partition coefficient (Wildman–Crippen LogP) is 1.79. The number of hydrogen-bond acceptors (Lipinski definition) is 4. The first kappa shape index (κ1) is 12.4. The second kappa shape index (κ2) is 5.05. The van der Waals surface area contributed by atoms with Gasteiger partial charge in [-0.15, -0.1) is 0 Å². The number of carbonyl (C=O) groups is 1. The average Bonchev–Trinajstić information content (AvgIpc) is 2.70. The van der Waals surface area contributed by atoms with Crippen molar-refractivity contribution in [3.05, 3.63) is 35.2 Å². The second-order valence-electron chi connectivity index (χ2n) is 3.60. The van der Waals surface area contributed by atoms with Gasteiger partial charge in [0.2, 0.25) is 0 Å². The highest BCUT2D eigenvalue weighted by Gasteiger charge is 2.15. The molecule has 0 fully saturated rings. The summed E-state index contributed by atoms with van der Waals surface area (Å²) in [4.78, 5) is 15.9. The van der Waals surface area contributed by atoms with Crippen LogP contribution >= 0.6 is 11.6 Å². The first-order valence-corrected chi connectivity index (χ1v) is 5.73. The van der Waals surface area contributed by atoms with Gasteiger partial charge in [-0.05, 0) is 19.1 Å². The summed E-state index contributed by atoms with van der Waals surface area (Å²) in [6, 6.07) is 3.17. The molecule has 6 nitrogen and oxygen atoms in total. The lowest BCUT2D eigenvalue weighted by Gasteiger charge is -2.02.